The third-order valence-corrected chi connectivity index (χ3v) is 5.41. The second-order valence-electron chi connectivity index (χ2n) is 7.03. The monoisotopic (exact) mass is 354 g/mol. The number of nitrogens with zero attached hydrogens (tertiary/aromatic N) is 1. The molecule has 0 saturated heterocycles. The predicted octanol–water partition coefficient (Wildman–Crippen LogP) is 2.91. The van der Waals surface area contributed by atoms with Gasteiger partial charge in [0.15, 0.2) is 0 Å². The molecule has 136 valence electrons. The summed E-state index contributed by atoms with van der Waals surface area (Å²) in [7, 11) is -3.55. The number of rotatable bonds is 8. The number of amides is 1. The molecule has 1 aromatic rings. The van der Waals surface area contributed by atoms with Crippen LogP contribution in [0.15, 0.2) is 29.2 Å². The maximum absolute atomic E-state index is 12.3. The van der Waals surface area contributed by atoms with Crippen molar-refractivity contribution in [3.8, 4) is 0 Å². The smallest absolute Gasteiger partial charge is 0.240 e. The lowest BCUT2D eigenvalue weighted by molar-refractivity contribution is -0.128. The molecule has 0 aliphatic heterocycles. The van der Waals surface area contributed by atoms with Gasteiger partial charge in [0.05, 0.1) is 4.90 Å². The van der Waals surface area contributed by atoms with Crippen molar-refractivity contribution >= 4 is 15.9 Å². The van der Waals surface area contributed by atoms with Crippen LogP contribution < -0.4 is 4.72 Å². The predicted molar refractivity (Wildman–Crippen MR) is 97.5 cm³/mol. The van der Waals surface area contributed by atoms with E-state index in [4.69, 9.17) is 0 Å². The summed E-state index contributed by atoms with van der Waals surface area (Å²) in [6.45, 7) is 11.1. The van der Waals surface area contributed by atoms with Crippen molar-refractivity contribution in [1.82, 2.24) is 9.62 Å². The highest BCUT2D eigenvalue weighted by Gasteiger charge is 2.18. The minimum Gasteiger partial charge on any atom is -0.342 e. The second kappa shape index (κ2) is 8.62. The van der Waals surface area contributed by atoms with Gasteiger partial charge in [0.1, 0.15) is 0 Å². The molecule has 0 spiro atoms. The number of benzene rings is 1. The van der Waals surface area contributed by atoms with Crippen LogP contribution in [-0.2, 0) is 20.2 Å². The Balaban J connectivity index is 2.68. The molecule has 0 aliphatic rings. The SMILES string of the molecule is CCCCN(CCNS(=O)(=O)c1ccc(C(C)(C)C)cc1)C(C)=O. The van der Waals surface area contributed by atoms with E-state index in [0.29, 0.717) is 13.1 Å². The van der Waals surface area contributed by atoms with Crippen LogP contribution in [-0.4, -0.2) is 38.9 Å². The first-order valence-electron chi connectivity index (χ1n) is 8.43. The number of sulfonamides is 1. The average Bonchev–Trinajstić information content (AvgIpc) is 2.49. The Kier molecular flexibility index (Phi) is 7.42. The number of carbonyl (C=O) groups is 1. The van der Waals surface area contributed by atoms with Crippen molar-refractivity contribution < 1.29 is 13.2 Å². The van der Waals surface area contributed by atoms with Crippen LogP contribution in [0.1, 0.15) is 53.0 Å². The molecule has 24 heavy (non-hydrogen) atoms. The summed E-state index contributed by atoms with van der Waals surface area (Å²) in [6.07, 6.45) is 1.91. The van der Waals surface area contributed by atoms with Crippen molar-refractivity contribution in [3.05, 3.63) is 29.8 Å². The van der Waals surface area contributed by atoms with E-state index in [0.717, 1.165) is 18.4 Å². The van der Waals surface area contributed by atoms with E-state index in [9.17, 15) is 13.2 Å². The molecule has 6 heteroatoms. The normalized spacial score (nSPS) is 12.2. The van der Waals surface area contributed by atoms with Crippen LogP contribution in [0.2, 0.25) is 0 Å². The minimum atomic E-state index is -3.55. The average molecular weight is 355 g/mol. The Labute approximate surface area is 146 Å². The fraction of sp³-hybridized carbons (Fsp3) is 0.611. The van der Waals surface area contributed by atoms with E-state index in [1.807, 2.05) is 12.1 Å². The standard InChI is InChI=1S/C18H30N2O3S/c1-6-7-13-20(15(2)21)14-12-19-24(22,23)17-10-8-16(9-11-17)18(3,4)5/h8-11,19H,6-7,12-14H2,1-5H3. The summed E-state index contributed by atoms with van der Waals surface area (Å²) in [6, 6.07) is 6.95. The fourth-order valence-corrected chi connectivity index (χ4v) is 3.33. The first-order valence-corrected chi connectivity index (χ1v) is 9.92. The van der Waals surface area contributed by atoms with Gasteiger partial charge >= 0.3 is 0 Å². The molecule has 0 fully saturated rings. The third kappa shape index (κ3) is 6.24. The molecule has 0 radical (unpaired) electrons. The van der Waals surface area contributed by atoms with Gasteiger partial charge in [-0.2, -0.15) is 0 Å². The zero-order valence-electron chi connectivity index (χ0n) is 15.4. The fourth-order valence-electron chi connectivity index (χ4n) is 2.31. The van der Waals surface area contributed by atoms with Crippen LogP contribution >= 0.6 is 0 Å². The third-order valence-electron chi connectivity index (χ3n) is 3.93. The number of hydrogen-bond donors (Lipinski definition) is 1. The van der Waals surface area contributed by atoms with Gasteiger partial charge in [0, 0.05) is 26.6 Å². The zero-order chi connectivity index (χ0) is 18.4. The molecule has 5 nitrogen and oxygen atoms in total. The molecule has 0 aliphatic carbocycles. The highest BCUT2D eigenvalue weighted by molar-refractivity contribution is 7.89. The number of hydrogen-bond acceptors (Lipinski definition) is 3. The van der Waals surface area contributed by atoms with Crippen LogP contribution in [0, 0.1) is 0 Å². The minimum absolute atomic E-state index is 0.0169. The Morgan fingerprint density at radius 3 is 2.17 bits per heavy atom. The summed E-state index contributed by atoms with van der Waals surface area (Å²) in [5.41, 5.74) is 1.07. The van der Waals surface area contributed by atoms with Gasteiger partial charge in [-0.05, 0) is 29.5 Å². The first-order chi connectivity index (χ1) is 11.1. The summed E-state index contributed by atoms with van der Waals surface area (Å²) in [4.78, 5) is 13.5. The van der Waals surface area contributed by atoms with Gasteiger partial charge in [-0.3, -0.25) is 4.79 Å². The molecular formula is C18H30N2O3S. The second-order valence-corrected chi connectivity index (χ2v) is 8.80. The lowest BCUT2D eigenvalue weighted by Crippen LogP contribution is -2.38. The Morgan fingerprint density at radius 2 is 1.71 bits per heavy atom. The molecule has 0 saturated carbocycles. The number of nitrogens with one attached hydrogen (secondary N) is 1. The van der Waals surface area contributed by atoms with Gasteiger partial charge in [-0.1, -0.05) is 46.2 Å². The van der Waals surface area contributed by atoms with E-state index < -0.39 is 10.0 Å². The largest absolute Gasteiger partial charge is 0.342 e. The summed E-state index contributed by atoms with van der Waals surface area (Å²) < 4.78 is 27.3. The van der Waals surface area contributed by atoms with Crippen molar-refractivity contribution in [1.29, 1.82) is 0 Å². The van der Waals surface area contributed by atoms with Gasteiger partial charge in [0.2, 0.25) is 15.9 Å². The lowest BCUT2D eigenvalue weighted by atomic mass is 9.87. The van der Waals surface area contributed by atoms with Crippen LogP contribution in [0.3, 0.4) is 0 Å². The molecule has 0 aromatic heterocycles. The summed E-state index contributed by atoms with van der Waals surface area (Å²) in [5, 5.41) is 0. The van der Waals surface area contributed by atoms with Gasteiger partial charge in [0.25, 0.3) is 0 Å². The summed E-state index contributed by atoms with van der Waals surface area (Å²) in [5.74, 6) is -0.0304. The molecular weight excluding hydrogens is 324 g/mol. The highest BCUT2D eigenvalue weighted by Crippen LogP contribution is 2.23. The molecule has 0 atom stereocenters. The Morgan fingerprint density at radius 1 is 1.12 bits per heavy atom. The van der Waals surface area contributed by atoms with E-state index in [-0.39, 0.29) is 22.8 Å². The maximum atomic E-state index is 12.3. The molecule has 1 rings (SSSR count). The number of unbranched alkanes of at least 4 members (excludes halogenated alkanes) is 1. The van der Waals surface area contributed by atoms with Crippen LogP contribution in [0.5, 0.6) is 0 Å². The Bertz CT molecular complexity index is 631. The maximum Gasteiger partial charge on any atom is 0.240 e. The topological polar surface area (TPSA) is 66.5 Å². The van der Waals surface area contributed by atoms with Gasteiger partial charge in [-0.15, -0.1) is 0 Å². The van der Waals surface area contributed by atoms with Crippen molar-refractivity contribution in [2.75, 3.05) is 19.6 Å². The van der Waals surface area contributed by atoms with E-state index >= 15 is 0 Å². The van der Waals surface area contributed by atoms with Crippen molar-refractivity contribution in [3.63, 3.8) is 0 Å². The highest BCUT2D eigenvalue weighted by atomic mass is 32.2. The zero-order valence-corrected chi connectivity index (χ0v) is 16.2. The molecule has 1 amide bonds. The lowest BCUT2D eigenvalue weighted by Gasteiger charge is -2.21. The van der Waals surface area contributed by atoms with Crippen molar-refractivity contribution in [2.45, 2.75) is 57.8 Å². The van der Waals surface area contributed by atoms with Gasteiger partial charge < -0.3 is 4.90 Å². The molecule has 0 heterocycles. The first kappa shape index (κ1) is 20.6. The van der Waals surface area contributed by atoms with Gasteiger partial charge in [-0.25, -0.2) is 13.1 Å². The Hall–Kier alpha value is -1.40. The summed E-state index contributed by atoms with van der Waals surface area (Å²) >= 11 is 0. The number of carbonyl (C=O) groups excluding carboxylic acids is 1. The molecule has 0 unspecified atom stereocenters. The van der Waals surface area contributed by atoms with Crippen LogP contribution in [0.25, 0.3) is 0 Å². The van der Waals surface area contributed by atoms with Crippen LogP contribution in [0.4, 0.5) is 0 Å². The molecule has 0 bridgehead atoms. The molecule has 1 N–H and O–H groups in total. The van der Waals surface area contributed by atoms with E-state index in [1.54, 1.807) is 17.0 Å². The van der Waals surface area contributed by atoms with E-state index in [2.05, 4.69) is 32.4 Å². The molecule has 1 aromatic carbocycles. The van der Waals surface area contributed by atoms with Crippen molar-refractivity contribution in [2.24, 2.45) is 0 Å². The van der Waals surface area contributed by atoms with E-state index in [1.165, 1.54) is 6.92 Å². The quantitative estimate of drug-likeness (QED) is 0.780.